The molecule has 4 rings (SSSR count). The van der Waals surface area contributed by atoms with Crippen molar-refractivity contribution in [3.8, 4) is 11.1 Å². The minimum absolute atomic E-state index is 0. The van der Waals surface area contributed by atoms with Crippen molar-refractivity contribution < 1.29 is 0 Å². The zero-order valence-corrected chi connectivity index (χ0v) is 20.3. The summed E-state index contributed by atoms with van der Waals surface area (Å²) in [6, 6.07) is 25.1. The molecule has 2 nitrogen and oxygen atoms in total. The molecule has 0 radical (unpaired) electrons. The second kappa shape index (κ2) is 9.70. The van der Waals surface area contributed by atoms with Crippen molar-refractivity contribution in [2.45, 2.75) is 33.6 Å². The van der Waals surface area contributed by atoms with Crippen molar-refractivity contribution in [1.29, 1.82) is 0 Å². The van der Waals surface area contributed by atoms with Gasteiger partial charge in [0.25, 0.3) is 0 Å². The fourth-order valence-corrected chi connectivity index (χ4v) is 4.80. The lowest BCUT2D eigenvalue weighted by molar-refractivity contribution is 0.866. The topological polar surface area (TPSA) is 6.48 Å². The summed E-state index contributed by atoms with van der Waals surface area (Å²) in [6.07, 6.45) is 0. The first-order valence-electron chi connectivity index (χ1n) is 11.0. The summed E-state index contributed by atoms with van der Waals surface area (Å²) >= 11 is 0. The third-order valence-corrected chi connectivity index (χ3v) is 6.38. The Hall–Kier alpha value is -2.26. The van der Waals surface area contributed by atoms with Crippen LogP contribution in [0.4, 0.5) is 11.4 Å². The molecule has 0 unspecified atom stereocenters. The highest BCUT2D eigenvalue weighted by Crippen LogP contribution is 2.50. The molecule has 3 heteroatoms. The van der Waals surface area contributed by atoms with Crippen LogP contribution in [-0.2, 0) is 0 Å². The van der Waals surface area contributed by atoms with E-state index in [2.05, 4.69) is 104 Å². The van der Waals surface area contributed by atoms with E-state index in [0.717, 1.165) is 26.2 Å². The lowest BCUT2D eigenvalue weighted by atomic mass is 9.89. The lowest BCUT2D eigenvalue weighted by Gasteiger charge is -2.23. The first-order valence-corrected chi connectivity index (χ1v) is 11.0. The van der Waals surface area contributed by atoms with Gasteiger partial charge in [-0.25, -0.2) is 0 Å². The van der Waals surface area contributed by atoms with Gasteiger partial charge in [0.1, 0.15) is 0 Å². The van der Waals surface area contributed by atoms with Gasteiger partial charge in [-0.05, 0) is 79.8 Å². The van der Waals surface area contributed by atoms with Crippen molar-refractivity contribution >= 4 is 28.4 Å². The van der Waals surface area contributed by atoms with Crippen molar-refractivity contribution in [2.75, 3.05) is 36.0 Å². The molecule has 1 aliphatic carbocycles. The average molecular weight is 465 g/mol. The van der Waals surface area contributed by atoms with Gasteiger partial charge in [-0.1, -0.05) is 42.5 Å². The van der Waals surface area contributed by atoms with Crippen molar-refractivity contribution in [2.24, 2.45) is 0 Å². The van der Waals surface area contributed by atoms with Crippen LogP contribution in [0, 0.1) is 0 Å². The molecule has 0 aliphatic heterocycles. The molecule has 3 aromatic carbocycles. The molecule has 0 spiro atoms. The number of benzene rings is 3. The number of anilines is 2. The third kappa shape index (κ3) is 3.88. The molecule has 0 aromatic heterocycles. The van der Waals surface area contributed by atoms with Crippen LogP contribution in [0.2, 0.25) is 0 Å². The monoisotopic (exact) mass is 464 g/mol. The van der Waals surface area contributed by atoms with E-state index in [-0.39, 0.29) is 17.0 Å². The number of rotatable bonds is 7. The van der Waals surface area contributed by atoms with Crippen LogP contribution >= 0.6 is 17.0 Å². The van der Waals surface area contributed by atoms with Gasteiger partial charge in [-0.15, -0.1) is 17.0 Å². The fourth-order valence-electron chi connectivity index (χ4n) is 4.80. The normalized spacial score (nSPS) is 12.1. The molecule has 158 valence electrons. The largest absolute Gasteiger partial charge is 0.372 e. The summed E-state index contributed by atoms with van der Waals surface area (Å²) in [5.41, 5.74) is 9.67. The number of nitrogens with zero attached hydrogens (tertiary/aromatic N) is 2. The molecule has 3 aromatic rings. The SMILES string of the molecule is Br.CCN(CC)c1ccc2c(c1)-c1cc(N(CC)CC)ccc1C2c1ccccc1. The molecule has 0 N–H and O–H groups in total. The minimum Gasteiger partial charge on any atom is -0.372 e. The van der Waals surface area contributed by atoms with Crippen LogP contribution in [0.25, 0.3) is 11.1 Å². The number of hydrogen-bond acceptors (Lipinski definition) is 2. The van der Waals surface area contributed by atoms with E-state index >= 15 is 0 Å². The highest BCUT2D eigenvalue weighted by Gasteiger charge is 2.30. The van der Waals surface area contributed by atoms with Crippen LogP contribution in [-0.4, -0.2) is 26.2 Å². The Balaban J connectivity index is 0.00000256. The second-order valence-electron chi connectivity index (χ2n) is 7.73. The van der Waals surface area contributed by atoms with E-state index < -0.39 is 0 Å². The molecule has 30 heavy (non-hydrogen) atoms. The van der Waals surface area contributed by atoms with E-state index in [4.69, 9.17) is 0 Å². The Bertz CT molecular complexity index is 914. The molecule has 0 heterocycles. The maximum absolute atomic E-state index is 2.43. The zero-order valence-electron chi connectivity index (χ0n) is 18.6. The Kier molecular flexibility index (Phi) is 7.25. The van der Waals surface area contributed by atoms with E-state index in [1.54, 1.807) is 0 Å². The molecule has 0 bridgehead atoms. The highest BCUT2D eigenvalue weighted by atomic mass is 79.9. The summed E-state index contributed by atoms with van der Waals surface area (Å²) in [5, 5.41) is 0. The summed E-state index contributed by atoms with van der Waals surface area (Å²) < 4.78 is 0. The van der Waals surface area contributed by atoms with Crippen molar-refractivity contribution in [1.82, 2.24) is 0 Å². The summed E-state index contributed by atoms with van der Waals surface area (Å²) in [4.78, 5) is 4.87. The average Bonchev–Trinajstić information content (AvgIpc) is 3.09. The molecule has 0 atom stereocenters. The number of fused-ring (bicyclic) bond motifs is 3. The van der Waals surface area contributed by atoms with Gasteiger partial charge in [-0.2, -0.15) is 0 Å². The van der Waals surface area contributed by atoms with E-state index in [0.29, 0.717) is 5.92 Å². The van der Waals surface area contributed by atoms with Crippen molar-refractivity contribution in [3.05, 3.63) is 83.4 Å². The molecule has 0 fully saturated rings. The van der Waals surface area contributed by atoms with Gasteiger partial charge in [0.2, 0.25) is 0 Å². The predicted molar refractivity (Wildman–Crippen MR) is 137 cm³/mol. The van der Waals surface area contributed by atoms with Crippen LogP contribution in [0.1, 0.15) is 50.3 Å². The van der Waals surface area contributed by atoms with E-state index in [1.165, 1.54) is 39.2 Å². The highest BCUT2D eigenvalue weighted by molar-refractivity contribution is 8.93. The summed E-state index contributed by atoms with van der Waals surface area (Å²) in [7, 11) is 0. The van der Waals surface area contributed by atoms with Gasteiger partial charge < -0.3 is 9.80 Å². The van der Waals surface area contributed by atoms with Crippen LogP contribution in [0.3, 0.4) is 0 Å². The minimum atomic E-state index is 0. The van der Waals surface area contributed by atoms with Gasteiger partial charge in [0.15, 0.2) is 0 Å². The smallest absolute Gasteiger partial charge is 0.0372 e. The van der Waals surface area contributed by atoms with Gasteiger partial charge >= 0.3 is 0 Å². The lowest BCUT2D eigenvalue weighted by Crippen LogP contribution is -2.22. The van der Waals surface area contributed by atoms with Crippen LogP contribution < -0.4 is 9.80 Å². The summed E-state index contributed by atoms with van der Waals surface area (Å²) in [6.45, 7) is 13.1. The number of halogens is 1. The standard InChI is InChI=1S/C27H32N2.BrH/c1-5-28(6-2)21-14-16-23-25(18-21)26-19-22(29(7-3)8-4)15-17-24(26)27(23)20-12-10-9-11-13-20;/h9-19,27H,5-8H2,1-4H3;1H. The predicted octanol–water partition coefficient (Wildman–Crippen LogP) is 7.12. The molecular weight excluding hydrogens is 432 g/mol. The maximum atomic E-state index is 2.43. The van der Waals surface area contributed by atoms with Crippen molar-refractivity contribution in [3.63, 3.8) is 0 Å². The summed E-state index contributed by atoms with van der Waals surface area (Å²) in [5.74, 6) is 0.317. The first-order chi connectivity index (χ1) is 14.2. The van der Waals surface area contributed by atoms with Gasteiger partial charge in [0, 0.05) is 43.5 Å². The van der Waals surface area contributed by atoms with Crippen LogP contribution in [0.15, 0.2) is 66.7 Å². The van der Waals surface area contributed by atoms with Gasteiger partial charge in [0.05, 0.1) is 0 Å². The molecule has 0 saturated carbocycles. The molecule has 0 saturated heterocycles. The van der Waals surface area contributed by atoms with Crippen LogP contribution in [0.5, 0.6) is 0 Å². The fraction of sp³-hybridized carbons (Fsp3) is 0.333. The van der Waals surface area contributed by atoms with E-state index in [1.807, 2.05) is 0 Å². The first kappa shape index (κ1) is 22.4. The molecular formula is C27H33BrN2. The molecule has 1 aliphatic rings. The second-order valence-corrected chi connectivity index (χ2v) is 7.73. The quantitative estimate of drug-likeness (QED) is 0.287. The Morgan fingerprint density at radius 1 is 0.600 bits per heavy atom. The Labute approximate surface area is 192 Å². The zero-order chi connectivity index (χ0) is 20.4. The third-order valence-electron chi connectivity index (χ3n) is 6.38. The van der Waals surface area contributed by atoms with E-state index in [9.17, 15) is 0 Å². The molecule has 0 amide bonds. The Morgan fingerprint density at radius 3 is 1.43 bits per heavy atom. The maximum Gasteiger partial charge on any atom is 0.0372 e. The van der Waals surface area contributed by atoms with Gasteiger partial charge in [-0.3, -0.25) is 0 Å². The number of hydrogen-bond donors (Lipinski definition) is 0. The Morgan fingerprint density at radius 2 is 1.03 bits per heavy atom.